The normalized spacial score (nSPS) is 15.6. The predicted octanol–water partition coefficient (Wildman–Crippen LogP) is 1.11. The molecule has 3 rings (SSSR count). The van der Waals surface area contributed by atoms with Crippen LogP contribution in [-0.2, 0) is 0 Å². The molecule has 0 spiro atoms. The Morgan fingerprint density at radius 2 is 2.11 bits per heavy atom. The molecule has 98 valence electrons. The summed E-state index contributed by atoms with van der Waals surface area (Å²) in [7, 11) is 0. The van der Waals surface area contributed by atoms with Gasteiger partial charge in [0.2, 0.25) is 5.56 Å². The van der Waals surface area contributed by atoms with E-state index in [1.165, 1.54) is 11.0 Å². The lowest BCUT2D eigenvalue weighted by molar-refractivity contribution is 0.00602. The van der Waals surface area contributed by atoms with Crippen molar-refractivity contribution in [2.45, 2.75) is 6.10 Å². The molecule has 0 unspecified atom stereocenters. The van der Waals surface area contributed by atoms with Gasteiger partial charge in [0.1, 0.15) is 0 Å². The van der Waals surface area contributed by atoms with Gasteiger partial charge in [0, 0.05) is 34.5 Å². The maximum Gasteiger partial charge on any atom is 0.254 e. The van der Waals surface area contributed by atoms with Gasteiger partial charge in [-0.2, -0.15) is 0 Å². The molecule has 0 radical (unpaired) electrons. The Bertz CT molecular complexity index is 719. The molecule has 2 aromatic rings. The number of rotatable bonds is 1. The molecule has 2 heterocycles. The van der Waals surface area contributed by atoms with E-state index in [4.69, 9.17) is 0 Å². The minimum atomic E-state index is -0.455. The van der Waals surface area contributed by atoms with Gasteiger partial charge < -0.3 is 15.0 Å². The monoisotopic (exact) mass is 322 g/mol. The SMILES string of the molecule is O=C(c1cc(=O)[nH]c2ccc(Br)cc12)N1CC(O)C1. The van der Waals surface area contributed by atoms with E-state index in [2.05, 4.69) is 20.9 Å². The van der Waals surface area contributed by atoms with Crippen molar-refractivity contribution in [2.75, 3.05) is 13.1 Å². The molecule has 1 fully saturated rings. The number of aromatic amines is 1. The second-order valence-corrected chi connectivity index (χ2v) is 5.52. The number of fused-ring (bicyclic) bond motifs is 1. The lowest BCUT2D eigenvalue weighted by Crippen LogP contribution is -2.53. The van der Waals surface area contributed by atoms with Gasteiger partial charge in [0.15, 0.2) is 0 Å². The lowest BCUT2D eigenvalue weighted by atomic mass is 10.1. The molecule has 2 N–H and O–H groups in total. The zero-order valence-electron chi connectivity index (χ0n) is 9.89. The summed E-state index contributed by atoms with van der Waals surface area (Å²) in [5.74, 6) is -0.223. The van der Waals surface area contributed by atoms with Crippen LogP contribution in [0, 0.1) is 0 Å². The third kappa shape index (κ3) is 2.17. The van der Waals surface area contributed by atoms with Gasteiger partial charge in [-0.05, 0) is 18.2 Å². The Hall–Kier alpha value is -1.66. The molecule has 19 heavy (non-hydrogen) atoms. The summed E-state index contributed by atoms with van der Waals surface area (Å²) in [6.07, 6.45) is -0.455. The number of hydrogen-bond donors (Lipinski definition) is 2. The summed E-state index contributed by atoms with van der Waals surface area (Å²) < 4.78 is 0.838. The van der Waals surface area contributed by atoms with Crippen molar-refractivity contribution in [3.63, 3.8) is 0 Å². The van der Waals surface area contributed by atoms with Crippen LogP contribution >= 0.6 is 15.9 Å². The van der Waals surface area contributed by atoms with Crippen molar-refractivity contribution >= 4 is 32.7 Å². The first-order valence-electron chi connectivity index (χ1n) is 5.84. The number of amides is 1. The van der Waals surface area contributed by atoms with E-state index in [-0.39, 0.29) is 11.5 Å². The summed E-state index contributed by atoms with van der Waals surface area (Å²) in [6, 6.07) is 6.67. The minimum absolute atomic E-state index is 0.223. The predicted molar refractivity (Wildman–Crippen MR) is 74.2 cm³/mol. The fourth-order valence-corrected chi connectivity index (χ4v) is 2.56. The molecule has 0 bridgehead atoms. The number of halogens is 1. The van der Waals surface area contributed by atoms with Crippen LogP contribution in [0.25, 0.3) is 10.9 Å². The minimum Gasteiger partial charge on any atom is -0.389 e. The number of aliphatic hydroxyl groups is 1. The van der Waals surface area contributed by atoms with Gasteiger partial charge in [0.05, 0.1) is 11.7 Å². The topological polar surface area (TPSA) is 73.4 Å². The number of hydrogen-bond acceptors (Lipinski definition) is 3. The Kier molecular flexibility index (Phi) is 2.91. The Balaban J connectivity index is 2.14. The third-order valence-electron chi connectivity index (χ3n) is 3.18. The Labute approximate surface area is 117 Å². The van der Waals surface area contributed by atoms with Gasteiger partial charge in [-0.1, -0.05) is 15.9 Å². The zero-order chi connectivity index (χ0) is 13.6. The van der Waals surface area contributed by atoms with E-state index in [1.54, 1.807) is 18.2 Å². The summed E-state index contributed by atoms with van der Waals surface area (Å²) in [4.78, 5) is 28.1. The number of aromatic nitrogens is 1. The smallest absolute Gasteiger partial charge is 0.254 e. The highest BCUT2D eigenvalue weighted by molar-refractivity contribution is 9.10. The first-order chi connectivity index (χ1) is 9.04. The molecule has 6 heteroatoms. The van der Waals surface area contributed by atoms with Crippen molar-refractivity contribution in [1.29, 1.82) is 0 Å². The molecule has 1 aromatic carbocycles. The van der Waals surface area contributed by atoms with Crippen molar-refractivity contribution in [3.05, 3.63) is 44.7 Å². The van der Waals surface area contributed by atoms with Gasteiger partial charge in [-0.15, -0.1) is 0 Å². The van der Waals surface area contributed by atoms with Crippen LogP contribution in [0.15, 0.2) is 33.5 Å². The maximum atomic E-state index is 12.3. The third-order valence-corrected chi connectivity index (χ3v) is 3.68. The summed E-state index contributed by atoms with van der Waals surface area (Å²) >= 11 is 3.35. The number of carbonyl (C=O) groups excluding carboxylic acids is 1. The number of pyridine rings is 1. The Morgan fingerprint density at radius 1 is 1.37 bits per heavy atom. The van der Waals surface area contributed by atoms with Crippen LogP contribution in [0.3, 0.4) is 0 Å². The molecule has 5 nitrogen and oxygen atoms in total. The largest absolute Gasteiger partial charge is 0.389 e. The average molecular weight is 323 g/mol. The van der Waals surface area contributed by atoms with E-state index in [1.807, 2.05) is 0 Å². The molecular weight excluding hydrogens is 312 g/mol. The fourth-order valence-electron chi connectivity index (χ4n) is 2.19. The van der Waals surface area contributed by atoms with E-state index >= 15 is 0 Å². The van der Waals surface area contributed by atoms with Gasteiger partial charge in [-0.25, -0.2) is 0 Å². The summed E-state index contributed by atoms with van der Waals surface area (Å²) in [5, 5.41) is 9.95. The average Bonchev–Trinajstić information content (AvgIpc) is 2.34. The van der Waals surface area contributed by atoms with Crippen molar-refractivity contribution in [2.24, 2.45) is 0 Å². The van der Waals surface area contributed by atoms with Gasteiger partial charge >= 0.3 is 0 Å². The molecule has 0 atom stereocenters. The van der Waals surface area contributed by atoms with E-state index in [0.717, 1.165) is 4.47 Å². The number of nitrogens with zero attached hydrogens (tertiary/aromatic N) is 1. The van der Waals surface area contributed by atoms with Crippen LogP contribution in [0.5, 0.6) is 0 Å². The summed E-state index contributed by atoms with van der Waals surface area (Å²) in [5.41, 5.74) is 0.686. The number of nitrogens with one attached hydrogen (secondary N) is 1. The first-order valence-corrected chi connectivity index (χ1v) is 6.64. The molecule has 0 aliphatic carbocycles. The van der Waals surface area contributed by atoms with Gasteiger partial charge in [-0.3, -0.25) is 9.59 Å². The zero-order valence-corrected chi connectivity index (χ0v) is 11.5. The maximum absolute atomic E-state index is 12.3. The number of β-amino-alcohol motifs (C(OH)–C–C–N with tert-alkyl or cyclic N) is 1. The van der Waals surface area contributed by atoms with Crippen LogP contribution < -0.4 is 5.56 Å². The number of aliphatic hydroxyl groups excluding tert-OH is 1. The number of benzene rings is 1. The molecule has 1 aliphatic heterocycles. The van der Waals surface area contributed by atoms with Crippen LogP contribution in [-0.4, -0.2) is 40.1 Å². The highest BCUT2D eigenvalue weighted by atomic mass is 79.9. The van der Waals surface area contributed by atoms with Crippen molar-refractivity contribution in [1.82, 2.24) is 9.88 Å². The number of H-pyrrole nitrogens is 1. The standard InChI is InChI=1S/C13H11BrN2O3/c14-7-1-2-11-9(3-7)10(4-12(18)15-11)13(19)16-5-8(17)6-16/h1-4,8,17H,5-6H2,(H,15,18). The molecule has 1 amide bonds. The first kappa shape index (κ1) is 12.4. The van der Waals surface area contributed by atoms with Crippen molar-refractivity contribution in [3.8, 4) is 0 Å². The van der Waals surface area contributed by atoms with Gasteiger partial charge in [0.25, 0.3) is 5.91 Å². The molecule has 1 aromatic heterocycles. The molecule has 1 aliphatic rings. The van der Waals surface area contributed by atoms with Crippen LogP contribution in [0.1, 0.15) is 10.4 Å². The molecule has 0 saturated carbocycles. The Morgan fingerprint density at radius 3 is 2.79 bits per heavy atom. The van der Waals surface area contributed by atoms with E-state index < -0.39 is 6.10 Å². The van der Waals surface area contributed by atoms with E-state index in [0.29, 0.717) is 29.6 Å². The van der Waals surface area contributed by atoms with Crippen LogP contribution in [0.2, 0.25) is 0 Å². The quantitative estimate of drug-likeness (QED) is 0.826. The number of carbonyl (C=O) groups is 1. The highest BCUT2D eigenvalue weighted by Crippen LogP contribution is 2.23. The van der Waals surface area contributed by atoms with E-state index in [9.17, 15) is 14.7 Å². The molecular formula is C13H11BrN2O3. The second-order valence-electron chi connectivity index (χ2n) is 4.60. The van der Waals surface area contributed by atoms with Crippen LogP contribution in [0.4, 0.5) is 0 Å². The highest BCUT2D eigenvalue weighted by Gasteiger charge is 2.30. The fraction of sp³-hybridized carbons (Fsp3) is 0.231. The number of likely N-dealkylation sites (tertiary alicyclic amines) is 1. The lowest BCUT2D eigenvalue weighted by Gasteiger charge is -2.36. The second kappa shape index (κ2) is 4.47. The summed E-state index contributed by atoms with van der Waals surface area (Å²) in [6.45, 7) is 0.641. The molecule has 1 saturated heterocycles. The van der Waals surface area contributed by atoms with Crippen molar-refractivity contribution < 1.29 is 9.90 Å².